The van der Waals surface area contributed by atoms with Crippen LogP contribution in [-0.2, 0) is 4.79 Å². The lowest BCUT2D eigenvalue weighted by atomic mass is 10.2. The summed E-state index contributed by atoms with van der Waals surface area (Å²) in [6.07, 6.45) is 1.62. The molecule has 4 aromatic carbocycles. The van der Waals surface area contributed by atoms with Crippen molar-refractivity contribution < 1.29 is 14.6 Å². The molecule has 0 spiro atoms. The number of para-hydroxylation sites is 2. The molecule has 6 rings (SSSR count). The number of nitrogens with zero attached hydrogens (tertiary/aromatic N) is 5. The van der Waals surface area contributed by atoms with Crippen LogP contribution in [0.3, 0.4) is 0 Å². The third kappa shape index (κ3) is 5.65. The monoisotopic (exact) mass is 611 g/mol. The molecule has 1 aliphatic rings. The summed E-state index contributed by atoms with van der Waals surface area (Å²) in [5.41, 5.74) is 2.21. The first-order valence-electron chi connectivity index (χ1n) is 12.3. The van der Waals surface area contributed by atoms with Crippen molar-refractivity contribution in [2.75, 3.05) is 4.90 Å². The zero-order chi connectivity index (χ0) is 29.2. The van der Waals surface area contributed by atoms with Crippen molar-refractivity contribution in [3.05, 3.63) is 128 Å². The zero-order valence-corrected chi connectivity index (χ0v) is 23.8. The summed E-state index contributed by atoms with van der Waals surface area (Å²) in [5, 5.41) is 23.6. The number of anilines is 1. The van der Waals surface area contributed by atoms with Crippen LogP contribution in [0.4, 0.5) is 22.7 Å². The number of benzene rings is 4. The van der Waals surface area contributed by atoms with Gasteiger partial charge in [-0.05, 0) is 59.8 Å². The van der Waals surface area contributed by atoms with E-state index in [9.17, 15) is 25.0 Å². The molecule has 1 fully saturated rings. The first kappa shape index (κ1) is 27.3. The molecule has 42 heavy (non-hydrogen) atoms. The Balaban J connectivity index is 1.32. The van der Waals surface area contributed by atoms with Gasteiger partial charge in [0, 0.05) is 18.2 Å². The van der Waals surface area contributed by atoms with Crippen molar-refractivity contribution in [3.63, 3.8) is 0 Å². The fourth-order valence-corrected chi connectivity index (χ4v) is 7.26. The number of amidine groups is 1. The Hall–Kier alpha value is -4.85. The highest BCUT2D eigenvalue weighted by Gasteiger charge is 2.35. The largest absolute Gasteiger partial charge is 0.283 e. The Morgan fingerprint density at radius 2 is 1.62 bits per heavy atom. The molecule has 0 N–H and O–H groups in total. The number of non-ortho nitro benzene ring substituents is 1. The molecule has 1 aromatic heterocycles. The first-order valence-corrected chi connectivity index (χ1v) is 14.7. The van der Waals surface area contributed by atoms with E-state index in [-0.39, 0.29) is 17.3 Å². The van der Waals surface area contributed by atoms with Crippen LogP contribution >= 0.6 is 34.9 Å². The van der Waals surface area contributed by atoms with Crippen LogP contribution in [-0.4, -0.2) is 25.9 Å². The van der Waals surface area contributed by atoms with Crippen molar-refractivity contribution in [1.82, 2.24) is 4.98 Å². The summed E-state index contributed by atoms with van der Waals surface area (Å²) in [7, 11) is 0. The van der Waals surface area contributed by atoms with Gasteiger partial charge in [-0.3, -0.25) is 29.9 Å². The van der Waals surface area contributed by atoms with Gasteiger partial charge in [0.25, 0.3) is 17.3 Å². The number of amides is 1. The number of fused-ring (bicyclic) bond motifs is 1. The zero-order valence-electron chi connectivity index (χ0n) is 21.3. The molecule has 1 aliphatic heterocycles. The summed E-state index contributed by atoms with van der Waals surface area (Å²) < 4.78 is 1.13. The number of carbonyl (C=O) groups excluding carboxylic acids is 1. The normalized spacial score (nSPS) is 15.1. The second-order valence-electron chi connectivity index (χ2n) is 8.79. The van der Waals surface area contributed by atoms with Crippen LogP contribution in [0.5, 0.6) is 0 Å². The number of rotatable bonds is 7. The summed E-state index contributed by atoms with van der Waals surface area (Å²) in [4.78, 5) is 47.1. The number of aromatic nitrogens is 1. The summed E-state index contributed by atoms with van der Waals surface area (Å²) in [6, 6.07) is 27.6. The fourth-order valence-electron chi connectivity index (χ4n) is 4.11. The van der Waals surface area contributed by atoms with Gasteiger partial charge in [0.1, 0.15) is 0 Å². The summed E-state index contributed by atoms with van der Waals surface area (Å²) in [6.45, 7) is 0. The lowest BCUT2D eigenvalue weighted by Crippen LogP contribution is -2.28. The van der Waals surface area contributed by atoms with E-state index in [2.05, 4.69) is 9.98 Å². The van der Waals surface area contributed by atoms with E-state index in [4.69, 9.17) is 0 Å². The van der Waals surface area contributed by atoms with Gasteiger partial charge in [0.15, 0.2) is 9.51 Å². The third-order valence-electron chi connectivity index (χ3n) is 6.04. The van der Waals surface area contributed by atoms with Gasteiger partial charge < -0.3 is 0 Å². The lowest BCUT2D eigenvalue weighted by Gasteiger charge is -2.15. The average Bonchev–Trinajstić information content (AvgIpc) is 3.53. The minimum Gasteiger partial charge on any atom is -0.268 e. The molecule has 1 amide bonds. The smallest absolute Gasteiger partial charge is 0.268 e. The minimum atomic E-state index is -0.481. The van der Waals surface area contributed by atoms with Crippen LogP contribution in [0.15, 0.2) is 116 Å². The van der Waals surface area contributed by atoms with Gasteiger partial charge in [-0.15, -0.1) is 11.3 Å². The Morgan fingerprint density at radius 1 is 0.881 bits per heavy atom. The fraction of sp³-hybridized carbons (Fsp3) is 0. The van der Waals surface area contributed by atoms with Gasteiger partial charge in [0.05, 0.1) is 41.2 Å². The van der Waals surface area contributed by atoms with Gasteiger partial charge in [-0.2, -0.15) is 0 Å². The number of nitro benzene ring substituents is 2. The van der Waals surface area contributed by atoms with Crippen LogP contribution in [0.25, 0.3) is 16.3 Å². The van der Waals surface area contributed by atoms with E-state index in [1.165, 1.54) is 46.2 Å². The Bertz CT molecular complexity index is 1930. The van der Waals surface area contributed by atoms with E-state index in [0.717, 1.165) is 11.8 Å². The van der Waals surface area contributed by atoms with E-state index in [1.54, 1.807) is 24.3 Å². The maximum absolute atomic E-state index is 13.6. The topological polar surface area (TPSA) is 132 Å². The second kappa shape index (κ2) is 11.6. The highest BCUT2D eigenvalue weighted by Crippen LogP contribution is 2.41. The van der Waals surface area contributed by atoms with Crippen molar-refractivity contribution in [3.8, 4) is 0 Å². The van der Waals surface area contributed by atoms with Gasteiger partial charge in [-0.25, -0.2) is 9.98 Å². The Labute approximate surface area is 250 Å². The predicted octanol–water partition coefficient (Wildman–Crippen LogP) is 8.07. The predicted molar refractivity (Wildman–Crippen MR) is 167 cm³/mol. The number of carbonyl (C=O) groups is 1. The van der Waals surface area contributed by atoms with E-state index >= 15 is 0 Å². The molecule has 0 atom stereocenters. The average molecular weight is 612 g/mol. The number of hydrogen-bond donors (Lipinski definition) is 0. The molecule has 0 saturated carbocycles. The van der Waals surface area contributed by atoms with Gasteiger partial charge in [0.2, 0.25) is 0 Å². The van der Waals surface area contributed by atoms with Crippen molar-refractivity contribution in [2.45, 2.75) is 9.24 Å². The minimum absolute atomic E-state index is 0.0480. The maximum Gasteiger partial charge on any atom is 0.283 e. The number of hydrogen-bond acceptors (Lipinski definition) is 10. The van der Waals surface area contributed by atoms with E-state index in [0.29, 0.717) is 46.5 Å². The maximum atomic E-state index is 13.6. The molecular weight excluding hydrogens is 595 g/mol. The van der Waals surface area contributed by atoms with Crippen LogP contribution < -0.4 is 4.90 Å². The van der Waals surface area contributed by atoms with E-state index in [1.807, 2.05) is 60.7 Å². The molecule has 13 heteroatoms. The Morgan fingerprint density at radius 3 is 2.33 bits per heavy atom. The first-order chi connectivity index (χ1) is 20.4. The summed E-state index contributed by atoms with van der Waals surface area (Å²) >= 11 is 3.52. The number of nitro groups is 2. The van der Waals surface area contributed by atoms with Crippen molar-refractivity contribution in [2.24, 2.45) is 4.99 Å². The molecule has 2 heterocycles. The second-order valence-corrected chi connectivity index (χ2v) is 12.1. The molecule has 1 saturated heterocycles. The Kier molecular flexibility index (Phi) is 7.52. The number of aliphatic imine (C=N–C) groups is 1. The molecule has 0 bridgehead atoms. The molecule has 206 valence electrons. The molecular formula is C29H17N5O5S3. The van der Waals surface area contributed by atoms with Crippen LogP contribution in [0.1, 0.15) is 5.56 Å². The standard InChI is InChI=1S/C29H17N5O5S3/c35-27-26(40-28(30-19-7-3-1-4-8-19)32(27)20-9-5-2-6-10-20)16-18-11-14-24(23(15-18)34(38)39)41-29-31-22-13-12-21(33(36)37)17-25(22)42-29/h1-17H/b26-16-,30-28?. The SMILES string of the molecule is O=C1/C(=C/c2ccc(Sc3nc4ccc([N+](=O)[O-])cc4s3)c([N+](=O)[O-])c2)SC(=Nc2ccccc2)N1c1ccccc1. The lowest BCUT2D eigenvalue weighted by molar-refractivity contribution is -0.387. The highest BCUT2D eigenvalue weighted by atomic mass is 32.2. The number of thiazole rings is 1. The molecule has 5 aromatic rings. The van der Waals surface area contributed by atoms with Gasteiger partial charge in [-0.1, -0.05) is 54.2 Å². The van der Waals surface area contributed by atoms with Crippen LogP contribution in [0.2, 0.25) is 0 Å². The van der Waals surface area contributed by atoms with Crippen molar-refractivity contribution in [1.29, 1.82) is 0 Å². The molecule has 0 aliphatic carbocycles. The third-order valence-corrected chi connectivity index (χ3v) is 9.15. The van der Waals surface area contributed by atoms with Crippen LogP contribution in [0, 0.1) is 20.2 Å². The molecule has 10 nitrogen and oxygen atoms in total. The summed E-state index contributed by atoms with van der Waals surface area (Å²) in [5.74, 6) is -0.287. The highest BCUT2D eigenvalue weighted by molar-refractivity contribution is 8.19. The van der Waals surface area contributed by atoms with E-state index < -0.39 is 9.85 Å². The van der Waals surface area contributed by atoms with Crippen molar-refractivity contribution >= 4 is 85.0 Å². The van der Waals surface area contributed by atoms with Gasteiger partial charge >= 0.3 is 0 Å². The molecule has 0 radical (unpaired) electrons. The number of thioether (sulfide) groups is 1. The molecule has 0 unspecified atom stereocenters. The quantitative estimate of drug-likeness (QED) is 0.103.